The molecule has 0 aliphatic rings. The van der Waals surface area contributed by atoms with Crippen LogP contribution in [0, 0.1) is 6.92 Å². The maximum Gasteiger partial charge on any atom is 0.203 e. The molecule has 3 rings (SSSR count). The van der Waals surface area contributed by atoms with Gasteiger partial charge >= 0.3 is 0 Å². The van der Waals surface area contributed by atoms with Crippen molar-refractivity contribution in [3.8, 4) is 5.75 Å². The maximum absolute atomic E-state index is 12.5. The third kappa shape index (κ3) is 5.54. The van der Waals surface area contributed by atoms with E-state index in [4.69, 9.17) is 27.9 Å². The van der Waals surface area contributed by atoms with Crippen LogP contribution in [-0.2, 0) is 16.4 Å². The first-order valence-corrected chi connectivity index (χ1v) is 10.9. The number of aryl methyl sites for hydroxylation is 1. The van der Waals surface area contributed by atoms with Gasteiger partial charge < -0.3 is 9.84 Å². The minimum absolute atomic E-state index is 0.130. The number of ether oxygens (including phenoxy) is 1. The van der Waals surface area contributed by atoms with Gasteiger partial charge in [-0.2, -0.15) is 0 Å². The molecule has 0 aliphatic carbocycles. The van der Waals surface area contributed by atoms with Crippen molar-refractivity contribution in [1.29, 1.82) is 0 Å². The van der Waals surface area contributed by atoms with Gasteiger partial charge in [0.25, 0.3) is 0 Å². The Bertz CT molecular complexity index is 1150. The summed E-state index contributed by atoms with van der Waals surface area (Å²) in [6, 6.07) is 18.2. The Morgan fingerprint density at radius 2 is 1.72 bits per heavy atom. The molecule has 0 saturated carbocycles. The fraction of sp³-hybridized carbons (Fsp3) is 0.0909. The Morgan fingerprint density at radius 1 is 1.00 bits per heavy atom. The number of benzene rings is 3. The molecule has 0 radical (unpaired) electrons. The molecule has 0 fully saturated rings. The van der Waals surface area contributed by atoms with E-state index in [0.29, 0.717) is 28.0 Å². The molecule has 0 atom stereocenters. The molecule has 150 valence electrons. The summed E-state index contributed by atoms with van der Waals surface area (Å²) in [6.45, 7) is 2.10. The topological polar surface area (TPSA) is 63.6 Å². The Kier molecular flexibility index (Phi) is 6.52. The Hall–Kier alpha value is -2.47. The zero-order valence-electron chi connectivity index (χ0n) is 15.5. The second-order valence-corrected chi connectivity index (χ2v) is 9.04. The van der Waals surface area contributed by atoms with Crippen LogP contribution in [0.1, 0.15) is 16.7 Å². The summed E-state index contributed by atoms with van der Waals surface area (Å²) >= 11 is 11.9. The van der Waals surface area contributed by atoms with Gasteiger partial charge in [0.05, 0.1) is 20.3 Å². The van der Waals surface area contributed by atoms with Crippen molar-refractivity contribution in [3.63, 3.8) is 0 Å². The van der Waals surface area contributed by atoms with E-state index in [1.165, 1.54) is 6.07 Å². The highest BCUT2D eigenvalue weighted by atomic mass is 35.5. The van der Waals surface area contributed by atoms with Gasteiger partial charge in [-0.05, 0) is 66.6 Å². The summed E-state index contributed by atoms with van der Waals surface area (Å²) in [5, 5.41) is 12.0. The van der Waals surface area contributed by atoms with E-state index in [-0.39, 0.29) is 10.7 Å². The average Bonchev–Trinajstić information content (AvgIpc) is 2.69. The summed E-state index contributed by atoms with van der Waals surface area (Å²) in [4.78, 5) is 0.130. The largest absolute Gasteiger partial charge is 0.507 e. The molecule has 0 amide bonds. The maximum atomic E-state index is 12.5. The fourth-order valence-corrected chi connectivity index (χ4v) is 4.10. The number of hydrogen-bond acceptors (Lipinski definition) is 4. The van der Waals surface area contributed by atoms with Gasteiger partial charge in [0.1, 0.15) is 18.1 Å². The lowest BCUT2D eigenvalue weighted by Gasteiger charge is -2.08. The van der Waals surface area contributed by atoms with Gasteiger partial charge in [-0.15, -0.1) is 0 Å². The molecule has 1 N–H and O–H groups in total. The number of aliphatic hydroxyl groups is 1. The number of sulfone groups is 1. The van der Waals surface area contributed by atoms with E-state index in [1.54, 1.807) is 61.5 Å². The number of halogens is 2. The lowest BCUT2D eigenvalue weighted by atomic mass is 10.2. The second kappa shape index (κ2) is 8.91. The van der Waals surface area contributed by atoms with Crippen LogP contribution >= 0.6 is 23.2 Å². The van der Waals surface area contributed by atoms with Crippen LogP contribution in [-0.4, -0.2) is 13.5 Å². The van der Waals surface area contributed by atoms with Gasteiger partial charge in [0.15, 0.2) is 0 Å². The van der Waals surface area contributed by atoms with Crippen LogP contribution < -0.4 is 4.74 Å². The van der Waals surface area contributed by atoms with Crippen LogP contribution in [0.5, 0.6) is 5.75 Å². The van der Waals surface area contributed by atoms with Crippen LogP contribution in [0.15, 0.2) is 77.0 Å². The summed E-state index contributed by atoms with van der Waals surface area (Å²) in [6.07, 6.45) is 0. The standard InChI is InChI=1S/C22H18Cl2O4S/c1-15-3-2-4-19(11-15)29(26,27)14-22(25)17-6-8-18(9-7-17)28-13-16-5-10-20(23)21(24)12-16/h2-12,14,25H,13H2,1H3/b22-14-. The molecule has 7 heteroatoms. The van der Waals surface area contributed by atoms with Gasteiger partial charge in [-0.3, -0.25) is 0 Å². The average molecular weight is 449 g/mol. The normalized spacial score (nSPS) is 12.0. The van der Waals surface area contributed by atoms with Crippen molar-refractivity contribution in [2.75, 3.05) is 0 Å². The summed E-state index contributed by atoms with van der Waals surface area (Å²) < 4.78 is 30.6. The van der Waals surface area contributed by atoms with Crippen molar-refractivity contribution < 1.29 is 18.3 Å². The lowest BCUT2D eigenvalue weighted by Crippen LogP contribution is -1.99. The van der Waals surface area contributed by atoms with Crippen LogP contribution in [0.25, 0.3) is 5.76 Å². The third-order valence-electron chi connectivity index (χ3n) is 4.12. The predicted octanol–water partition coefficient (Wildman–Crippen LogP) is 6.21. The Balaban J connectivity index is 1.71. The predicted molar refractivity (Wildman–Crippen MR) is 116 cm³/mol. The Labute approximate surface area is 179 Å². The van der Waals surface area contributed by atoms with Crippen molar-refractivity contribution in [3.05, 3.63) is 98.9 Å². The molecule has 0 heterocycles. The molecule has 0 aliphatic heterocycles. The molecule has 3 aromatic rings. The van der Waals surface area contributed by atoms with E-state index in [1.807, 2.05) is 6.07 Å². The van der Waals surface area contributed by atoms with Crippen molar-refractivity contribution >= 4 is 38.8 Å². The van der Waals surface area contributed by atoms with Crippen molar-refractivity contribution in [1.82, 2.24) is 0 Å². The van der Waals surface area contributed by atoms with Crippen LogP contribution in [0.2, 0.25) is 10.0 Å². The minimum Gasteiger partial charge on any atom is -0.507 e. The van der Waals surface area contributed by atoms with E-state index in [0.717, 1.165) is 16.5 Å². The molecular formula is C22H18Cl2O4S. The molecule has 4 nitrogen and oxygen atoms in total. The molecule has 0 aromatic heterocycles. The minimum atomic E-state index is -3.76. The SMILES string of the molecule is Cc1cccc(S(=O)(=O)/C=C(\O)c2ccc(OCc3ccc(Cl)c(Cl)c3)cc2)c1. The molecular weight excluding hydrogens is 431 g/mol. The van der Waals surface area contributed by atoms with Crippen LogP contribution in [0.4, 0.5) is 0 Å². The fourth-order valence-electron chi connectivity index (χ4n) is 2.59. The van der Waals surface area contributed by atoms with Gasteiger partial charge in [-0.25, -0.2) is 8.42 Å². The molecule has 29 heavy (non-hydrogen) atoms. The molecule has 3 aromatic carbocycles. The zero-order chi connectivity index (χ0) is 21.0. The quantitative estimate of drug-likeness (QED) is 0.455. The molecule has 0 unspecified atom stereocenters. The molecule has 0 bridgehead atoms. The van der Waals surface area contributed by atoms with E-state index >= 15 is 0 Å². The van der Waals surface area contributed by atoms with Gasteiger partial charge in [0, 0.05) is 5.56 Å². The zero-order valence-corrected chi connectivity index (χ0v) is 17.8. The summed E-state index contributed by atoms with van der Waals surface area (Å²) in [7, 11) is -3.76. The van der Waals surface area contributed by atoms with Crippen molar-refractivity contribution in [2.24, 2.45) is 0 Å². The first-order valence-electron chi connectivity index (χ1n) is 8.64. The van der Waals surface area contributed by atoms with E-state index in [9.17, 15) is 13.5 Å². The summed E-state index contributed by atoms with van der Waals surface area (Å²) in [5.41, 5.74) is 2.04. The van der Waals surface area contributed by atoms with Gasteiger partial charge in [0.2, 0.25) is 9.84 Å². The third-order valence-corrected chi connectivity index (χ3v) is 6.31. The summed E-state index contributed by atoms with van der Waals surface area (Å²) in [5.74, 6) is 0.219. The van der Waals surface area contributed by atoms with E-state index in [2.05, 4.69) is 0 Å². The first kappa shape index (κ1) is 21.2. The number of aliphatic hydroxyl groups excluding tert-OH is 1. The van der Waals surface area contributed by atoms with Gasteiger partial charge in [-0.1, -0.05) is 41.4 Å². The second-order valence-electron chi connectivity index (χ2n) is 6.43. The first-order chi connectivity index (χ1) is 13.7. The van der Waals surface area contributed by atoms with Crippen molar-refractivity contribution in [2.45, 2.75) is 18.4 Å². The number of rotatable bonds is 6. The van der Waals surface area contributed by atoms with Crippen LogP contribution in [0.3, 0.4) is 0 Å². The number of hydrogen-bond donors (Lipinski definition) is 1. The highest BCUT2D eigenvalue weighted by Gasteiger charge is 2.14. The molecule has 0 spiro atoms. The molecule has 0 saturated heterocycles. The Morgan fingerprint density at radius 3 is 2.38 bits per heavy atom. The van der Waals surface area contributed by atoms with E-state index < -0.39 is 9.84 Å². The highest BCUT2D eigenvalue weighted by molar-refractivity contribution is 7.94. The smallest absolute Gasteiger partial charge is 0.203 e. The highest BCUT2D eigenvalue weighted by Crippen LogP contribution is 2.24. The monoisotopic (exact) mass is 448 g/mol. The lowest BCUT2D eigenvalue weighted by molar-refractivity contribution is 0.306.